The van der Waals surface area contributed by atoms with E-state index in [4.69, 9.17) is 0 Å². The van der Waals surface area contributed by atoms with Gasteiger partial charge in [-0.3, -0.25) is 9.48 Å². The van der Waals surface area contributed by atoms with Crippen LogP contribution in [0.3, 0.4) is 0 Å². The predicted octanol–water partition coefficient (Wildman–Crippen LogP) is 2.45. The summed E-state index contributed by atoms with van der Waals surface area (Å²) in [5, 5.41) is 7.04. The van der Waals surface area contributed by atoms with Crippen LogP contribution in [0.4, 0.5) is 5.69 Å². The second kappa shape index (κ2) is 4.89. The van der Waals surface area contributed by atoms with Gasteiger partial charge in [-0.2, -0.15) is 5.10 Å². The third-order valence-corrected chi connectivity index (χ3v) is 3.38. The summed E-state index contributed by atoms with van der Waals surface area (Å²) < 4.78 is 2.31. The van der Waals surface area contributed by atoms with Gasteiger partial charge in [0.05, 0.1) is 16.9 Å². The molecular formula is C12H13BrN4O. The summed E-state index contributed by atoms with van der Waals surface area (Å²) >= 11 is 3.29. The first-order valence-corrected chi connectivity index (χ1v) is 6.22. The van der Waals surface area contributed by atoms with Crippen LogP contribution in [0.2, 0.25) is 0 Å². The average molecular weight is 309 g/mol. The van der Waals surface area contributed by atoms with Crippen LogP contribution < -0.4 is 5.32 Å². The Balaban J connectivity index is 2.31. The van der Waals surface area contributed by atoms with Crippen molar-refractivity contribution in [3.63, 3.8) is 0 Å². The lowest BCUT2D eigenvalue weighted by molar-refractivity contribution is 0.102. The predicted molar refractivity (Wildman–Crippen MR) is 72.6 cm³/mol. The lowest BCUT2D eigenvalue weighted by Gasteiger charge is -2.06. The van der Waals surface area contributed by atoms with Crippen molar-refractivity contribution in [2.24, 2.45) is 7.05 Å². The first-order valence-electron chi connectivity index (χ1n) is 5.42. The molecule has 0 aromatic carbocycles. The average Bonchev–Trinajstić information content (AvgIpc) is 2.56. The Morgan fingerprint density at radius 2 is 2.17 bits per heavy atom. The van der Waals surface area contributed by atoms with E-state index in [-0.39, 0.29) is 5.91 Å². The van der Waals surface area contributed by atoms with E-state index >= 15 is 0 Å². The van der Waals surface area contributed by atoms with Gasteiger partial charge in [0.15, 0.2) is 0 Å². The van der Waals surface area contributed by atoms with Crippen LogP contribution in [0, 0.1) is 13.8 Å². The summed E-state index contributed by atoms with van der Waals surface area (Å²) in [4.78, 5) is 16.3. The Morgan fingerprint density at radius 1 is 1.44 bits per heavy atom. The molecule has 0 spiro atoms. The normalized spacial score (nSPS) is 10.4. The number of amides is 1. The molecule has 0 atom stereocenters. The topological polar surface area (TPSA) is 59.8 Å². The van der Waals surface area contributed by atoms with Crippen molar-refractivity contribution in [2.75, 3.05) is 5.32 Å². The molecule has 0 aliphatic carbocycles. The van der Waals surface area contributed by atoms with Crippen LogP contribution in [0.25, 0.3) is 0 Å². The molecule has 0 saturated carbocycles. The van der Waals surface area contributed by atoms with E-state index in [1.807, 2.05) is 20.9 Å². The number of rotatable bonds is 2. The van der Waals surface area contributed by atoms with Crippen molar-refractivity contribution >= 4 is 27.5 Å². The zero-order valence-electron chi connectivity index (χ0n) is 10.4. The molecule has 2 rings (SSSR count). The van der Waals surface area contributed by atoms with Crippen LogP contribution in [-0.2, 0) is 7.05 Å². The molecular weight excluding hydrogens is 296 g/mol. The van der Waals surface area contributed by atoms with Gasteiger partial charge in [-0.25, -0.2) is 4.98 Å². The summed E-state index contributed by atoms with van der Waals surface area (Å²) in [5.74, 6) is -0.174. The van der Waals surface area contributed by atoms with E-state index in [2.05, 4.69) is 31.3 Å². The molecule has 2 heterocycles. The number of carbonyl (C=O) groups is 1. The third kappa shape index (κ3) is 2.28. The highest BCUT2D eigenvalue weighted by molar-refractivity contribution is 9.10. The van der Waals surface area contributed by atoms with Crippen molar-refractivity contribution in [1.82, 2.24) is 14.8 Å². The van der Waals surface area contributed by atoms with E-state index in [1.54, 1.807) is 23.0 Å². The van der Waals surface area contributed by atoms with Crippen molar-refractivity contribution in [2.45, 2.75) is 13.8 Å². The summed E-state index contributed by atoms with van der Waals surface area (Å²) in [5.41, 5.74) is 2.80. The minimum Gasteiger partial charge on any atom is -0.320 e. The van der Waals surface area contributed by atoms with Gasteiger partial charge in [0.2, 0.25) is 0 Å². The Bertz CT molecular complexity index is 606. The molecule has 0 saturated heterocycles. The number of aromatic nitrogens is 3. The van der Waals surface area contributed by atoms with Gasteiger partial charge in [-0.05, 0) is 41.9 Å². The fourth-order valence-corrected chi connectivity index (χ4v) is 2.12. The van der Waals surface area contributed by atoms with Crippen molar-refractivity contribution in [3.8, 4) is 0 Å². The summed E-state index contributed by atoms with van der Waals surface area (Å²) in [6.45, 7) is 3.69. The molecule has 0 aliphatic rings. The molecule has 0 unspecified atom stereocenters. The Hall–Kier alpha value is -1.69. The van der Waals surface area contributed by atoms with Gasteiger partial charge in [0, 0.05) is 18.9 Å². The number of anilines is 1. The van der Waals surface area contributed by atoms with E-state index < -0.39 is 0 Å². The highest BCUT2D eigenvalue weighted by Gasteiger charge is 2.18. The van der Waals surface area contributed by atoms with Crippen LogP contribution in [0.15, 0.2) is 22.9 Å². The Morgan fingerprint density at radius 3 is 2.72 bits per heavy atom. The first-order chi connectivity index (χ1) is 8.50. The number of aryl methyl sites for hydroxylation is 2. The standard InChI is InChI=1S/C12H13BrN4O/c1-7-10(8(2)17(3)16-7)12(18)15-9-5-4-6-14-11(9)13/h4-6H,1-3H3,(H,15,18). The quantitative estimate of drug-likeness (QED) is 0.867. The van der Waals surface area contributed by atoms with Gasteiger partial charge in [0.1, 0.15) is 4.60 Å². The molecule has 6 heteroatoms. The SMILES string of the molecule is Cc1nn(C)c(C)c1C(=O)Nc1cccnc1Br. The largest absolute Gasteiger partial charge is 0.320 e. The molecule has 18 heavy (non-hydrogen) atoms. The summed E-state index contributed by atoms with van der Waals surface area (Å²) in [6, 6.07) is 3.55. The van der Waals surface area contributed by atoms with Crippen LogP contribution in [-0.4, -0.2) is 20.7 Å². The van der Waals surface area contributed by atoms with Crippen LogP contribution >= 0.6 is 15.9 Å². The number of carbonyl (C=O) groups excluding carboxylic acids is 1. The zero-order valence-corrected chi connectivity index (χ0v) is 11.9. The molecule has 0 radical (unpaired) electrons. The maximum atomic E-state index is 12.2. The fraction of sp³-hybridized carbons (Fsp3) is 0.250. The second-order valence-electron chi connectivity index (χ2n) is 3.97. The highest BCUT2D eigenvalue weighted by Crippen LogP contribution is 2.20. The molecule has 0 fully saturated rings. The minimum absolute atomic E-state index is 0.174. The molecule has 2 aromatic heterocycles. The van der Waals surface area contributed by atoms with E-state index in [9.17, 15) is 4.79 Å². The number of hydrogen-bond acceptors (Lipinski definition) is 3. The van der Waals surface area contributed by atoms with E-state index in [0.29, 0.717) is 21.5 Å². The smallest absolute Gasteiger partial charge is 0.259 e. The number of hydrogen-bond donors (Lipinski definition) is 1. The Labute approximate surface area is 113 Å². The van der Waals surface area contributed by atoms with Gasteiger partial charge in [-0.1, -0.05) is 0 Å². The van der Waals surface area contributed by atoms with Gasteiger partial charge in [0.25, 0.3) is 5.91 Å². The van der Waals surface area contributed by atoms with Crippen molar-refractivity contribution in [3.05, 3.63) is 39.9 Å². The van der Waals surface area contributed by atoms with Crippen LogP contribution in [0.1, 0.15) is 21.7 Å². The summed E-state index contributed by atoms with van der Waals surface area (Å²) in [6.07, 6.45) is 1.65. The number of halogens is 1. The molecule has 1 N–H and O–H groups in total. The summed E-state index contributed by atoms with van der Waals surface area (Å²) in [7, 11) is 1.82. The molecule has 5 nitrogen and oxygen atoms in total. The third-order valence-electron chi connectivity index (χ3n) is 2.74. The molecule has 94 valence electrons. The maximum absolute atomic E-state index is 12.2. The lowest BCUT2D eigenvalue weighted by atomic mass is 10.2. The Kier molecular flexibility index (Phi) is 3.47. The molecule has 2 aromatic rings. The maximum Gasteiger partial charge on any atom is 0.259 e. The lowest BCUT2D eigenvalue weighted by Crippen LogP contribution is -2.14. The van der Waals surface area contributed by atoms with Gasteiger partial charge in [-0.15, -0.1) is 0 Å². The molecule has 0 aliphatic heterocycles. The minimum atomic E-state index is -0.174. The van der Waals surface area contributed by atoms with Crippen molar-refractivity contribution in [1.29, 1.82) is 0 Å². The zero-order chi connectivity index (χ0) is 13.3. The second-order valence-corrected chi connectivity index (χ2v) is 4.72. The van der Waals surface area contributed by atoms with Gasteiger partial charge >= 0.3 is 0 Å². The van der Waals surface area contributed by atoms with Gasteiger partial charge < -0.3 is 5.32 Å². The molecule has 1 amide bonds. The molecule has 0 bridgehead atoms. The highest BCUT2D eigenvalue weighted by atomic mass is 79.9. The van der Waals surface area contributed by atoms with E-state index in [1.165, 1.54) is 0 Å². The van der Waals surface area contributed by atoms with E-state index in [0.717, 1.165) is 5.69 Å². The monoisotopic (exact) mass is 308 g/mol. The first kappa shape index (κ1) is 12.8. The number of pyridine rings is 1. The van der Waals surface area contributed by atoms with Crippen molar-refractivity contribution < 1.29 is 4.79 Å². The fourth-order valence-electron chi connectivity index (χ4n) is 1.77. The number of nitrogens with zero attached hydrogens (tertiary/aromatic N) is 3. The number of nitrogens with one attached hydrogen (secondary N) is 1. The van der Waals surface area contributed by atoms with Crippen LogP contribution in [0.5, 0.6) is 0 Å².